The van der Waals surface area contributed by atoms with E-state index in [2.05, 4.69) is 15.2 Å². The highest BCUT2D eigenvalue weighted by Crippen LogP contribution is 2.19. The van der Waals surface area contributed by atoms with E-state index in [9.17, 15) is 9.59 Å². The highest BCUT2D eigenvalue weighted by Gasteiger charge is 2.27. The molecule has 0 aromatic carbocycles. The number of carbonyl (C=O) groups is 1. The molecule has 0 unspecified atom stereocenters. The number of ether oxygens (including phenoxy) is 3. The van der Waals surface area contributed by atoms with Gasteiger partial charge in [0, 0.05) is 6.20 Å². The Morgan fingerprint density at radius 2 is 2.32 bits per heavy atom. The van der Waals surface area contributed by atoms with Crippen LogP contribution >= 0.6 is 0 Å². The van der Waals surface area contributed by atoms with Crippen LogP contribution in [-0.4, -0.2) is 72.4 Å². The zero-order valence-electron chi connectivity index (χ0n) is 14.4. The Morgan fingerprint density at radius 3 is 2.96 bits per heavy atom. The van der Waals surface area contributed by atoms with Crippen LogP contribution in [0.1, 0.15) is 19.1 Å². The molecule has 2 N–H and O–H groups in total. The molecule has 1 aliphatic heterocycles. The number of amides is 1. The normalized spacial score (nSPS) is 20.0. The number of hydrogen-bond donors (Lipinski definition) is 2. The third-order valence-corrected chi connectivity index (χ3v) is 3.49. The quantitative estimate of drug-likeness (QED) is 0.625. The van der Waals surface area contributed by atoms with Crippen LogP contribution in [0.2, 0.25) is 0 Å². The van der Waals surface area contributed by atoms with Crippen molar-refractivity contribution in [2.75, 3.05) is 45.8 Å². The average Bonchev–Trinajstić information content (AvgIpc) is 3.03. The predicted octanol–water partition coefficient (Wildman–Crippen LogP) is -0.00260. The number of rotatable bonds is 8. The molecule has 0 radical (unpaired) electrons. The monoisotopic (exact) mass is 356 g/mol. The largest absolute Gasteiger partial charge is 0.449 e. The predicted molar refractivity (Wildman–Crippen MR) is 88.2 cm³/mol. The van der Waals surface area contributed by atoms with Crippen molar-refractivity contribution in [3.05, 3.63) is 22.7 Å². The van der Waals surface area contributed by atoms with E-state index in [0.717, 1.165) is 19.4 Å². The van der Waals surface area contributed by atoms with E-state index in [1.54, 1.807) is 0 Å². The summed E-state index contributed by atoms with van der Waals surface area (Å²) in [6, 6.07) is 1.46. The van der Waals surface area contributed by atoms with Gasteiger partial charge in [-0.05, 0) is 39.5 Å². The van der Waals surface area contributed by atoms with Crippen LogP contribution in [0.15, 0.2) is 17.1 Å². The van der Waals surface area contributed by atoms with Gasteiger partial charge in [-0.15, -0.1) is 0 Å². The number of hydrogen-bond acceptors (Lipinski definition) is 8. The maximum Gasteiger partial charge on any atom is 0.412 e. The molecule has 1 amide bonds. The minimum absolute atomic E-state index is 0.0946. The van der Waals surface area contributed by atoms with E-state index in [4.69, 9.17) is 19.3 Å². The van der Waals surface area contributed by atoms with Gasteiger partial charge in [0.1, 0.15) is 5.82 Å². The molecular formula is C15H24N4O6. The van der Waals surface area contributed by atoms with Gasteiger partial charge >= 0.3 is 11.8 Å². The third-order valence-electron chi connectivity index (χ3n) is 3.49. The first kappa shape index (κ1) is 19.3. The van der Waals surface area contributed by atoms with Crippen molar-refractivity contribution >= 4 is 11.9 Å². The Kier molecular flexibility index (Phi) is 7.31. The molecular weight excluding hydrogens is 332 g/mol. The summed E-state index contributed by atoms with van der Waals surface area (Å²) in [5.74, 6) is 0.0946. The molecule has 10 nitrogen and oxygen atoms in total. The number of anilines is 1. The number of aromatic nitrogens is 2. The lowest BCUT2D eigenvalue weighted by molar-refractivity contribution is -0.0992. The molecule has 0 aliphatic carbocycles. The van der Waals surface area contributed by atoms with E-state index < -0.39 is 24.3 Å². The second-order valence-corrected chi connectivity index (χ2v) is 5.81. The maximum absolute atomic E-state index is 12.0. The summed E-state index contributed by atoms with van der Waals surface area (Å²) in [5, 5.41) is 11.4. The van der Waals surface area contributed by atoms with Gasteiger partial charge in [-0.2, -0.15) is 4.98 Å². The first-order valence-corrected chi connectivity index (χ1v) is 8.05. The third kappa shape index (κ3) is 6.09. The van der Waals surface area contributed by atoms with E-state index in [-0.39, 0.29) is 19.0 Å². The van der Waals surface area contributed by atoms with Gasteiger partial charge in [0.2, 0.25) is 0 Å². The van der Waals surface area contributed by atoms with E-state index in [0.29, 0.717) is 6.61 Å². The van der Waals surface area contributed by atoms with Gasteiger partial charge in [-0.3, -0.25) is 9.88 Å². The SMILES string of the molecule is CN(C)CCCCOC(=O)Nc1ccn([C@@H]2CO[C@H](CO)O2)c(=O)n1. The summed E-state index contributed by atoms with van der Waals surface area (Å²) in [6.07, 6.45) is 1.05. The van der Waals surface area contributed by atoms with Crippen LogP contribution in [0.3, 0.4) is 0 Å². The highest BCUT2D eigenvalue weighted by atomic mass is 16.7. The fourth-order valence-corrected chi connectivity index (χ4v) is 2.22. The summed E-state index contributed by atoms with van der Waals surface area (Å²) in [4.78, 5) is 29.5. The molecule has 0 bridgehead atoms. The summed E-state index contributed by atoms with van der Waals surface area (Å²) in [5.41, 5.74) is -0.601. The van der Waals surface area contributed by atoms with Crippen molar-refractivity contribution in [3.63, 3.8) is 0 Å². The molecule has 1 fully saturated rings. The van der Waals surface area contributed by atoms with Crippen LogP contribution in [0.5, 0.6) is 0 Å². The van der Waals surface area contributed by atoms with Crippen molar-refractivity contribution in [1.82, 2.24) is 14.5 Å². The first-order valence-electron chi connectivity index (χ1n) is 8.05. The molecule has 0 spiro atoms. The van der Waals surface area contributed by atoms with Gasteiger partial charge in [-0.1, -0.05) is 0 Å². The van der Waals surface area contributed by atoms with Crippen LogP contribution in [-0.2, 0) is 14.2 Å². The van der Waals surface area contributed by atoms with Gasteiger partial charge in [0.15, 0.2) is 12.5 Å². The van der Waals surface area contributed by atoms with Crippen molar-refractivity contribution < 1.29 is 24.1 Å². The molecule has 1 aliphatic rings. The Balaban J connectivity index is 1.80. The molecule has 2 heterocycles. The van der Waals surface area contributed by atoms with Crippen molar-refractivity contribution in [2.45, 2.75) is 25.4 Å². The topological polar surface area (TPSA) is 115 Å². The van der Waals surface area contributed by atoms with Crippen LogP contribution in [0.4, 0.5) is 10.6 Å². The molecule has 2 rings (SSSR count). The van der Waals surface area contributed by atoms with E-state index in [1.807, 2.05) is 14.1 Å². The first-order chi connectivity index (χ1) is 12.0. The Morgan fingerprint density at radius 1 is 1.52 bits per heavy atom. The van der Waals surface area contributed by atoms with Crippen LogP contribution in [0, 0.1) is 0 Å². The standard InChI is InChI=1S/C15H24N4O6/c1-18(2)6-3-4-8-23-15(22)17-11-5-7-19(14(21)16-11)12-10-24-13(9-20)25-12/h5,7,12-13,20H,3-4,6,8-10H2,1-2H3,(H,16,17,21,22)/t12-,13-/m0/s1. The number of nitrogens with zero attached hydrogens (tertiary/aromatic N) is 3. The number of aliphatic hydroxyl groups is 1. The molecule has 0 saturated carbocycles. The van der Waals surface area contributed by atoms with Crippen LogP contribution in [0.25, 0.3) is 0 Å². The molecule has 2 atom stereocenters. The molecule has 140 valence electrons. The molecule has 10 heteroatoms. The number of nitrogens with one attached hydrogen (secondary N) is 1. The minimum Gasteiger partial charge on any atom is -0.449 e. The summed E-state index contributed by atoms with van der Waals surface area (Å²) in [6.45, 7) is 1.06. The lowest BCUT2D eigenvalue weighted by Gasteiger charge is -2.13. The summed E-state index contributed by atoms with van der Waals surface area (Å²) in [7, 11) is 3.96. The Bertz CT molecular complexity index is 620. The average molecular weight is 356 g/mol. The van der Waals surface area contributed by atoms with Gasteiger partial charge in [-0.25, -0.2) is 9.59 Å². The molecule has 1 aromatic rings. The lowest BCUT2D eigenvalue weighted by Crippen LogP contribution is -2.29. The second kappa shape index (κ2) is 9.47. The van der Waals surface area contributed by atoms with Crippen molar-refractivity contribution in [1.29, 1.82) is 0 Å². The summed E-state index contributed by atoms with van der Waals surface area (Å²) >= 11 is 0. The fourth-order valence-electron chi connectivity index (χ4n) is 2.22. The Labute approximate surface area is 145 Å². The van der Waals surface area contributed by atoms with E-state index in [1.165, 1.54) is 16.8 Å². The Hall–Kier alpha value is -2.01. The smallest absolute Gasteiger partial charge is 0.412 e. The summed E-state index contributed by atoms with van der Waals surface area (Å²) < 4.78 is 16.7. The highest BCUT2D eigenvalue weighted by molar-refractivity contribution is 5.83. The van der Waals surface area contributed by atoms with Gasteiger partial charge in [0.05, 0.1) is 19.8 Å². The minimum atomic E-state index is -0.753. The number of unbranched alkanes of at least 4 members (excludes halogenated alkanes) is 1. The van der Waals surface area contributed by atoms with Gasteiger partial charge in [0.25, 0.3) is 0 Å². The zero-order chi connectivity index (χ0) is 18.2. The molecule has 25 heavy (non-hydrogen) atoms. The van der Waals surface area contributed by atoms with Crippen molar-refractivity contribution in [3.8, 4) is 0 Å². The van der Waals surface area contributed by atoms with Gasteiger partial charge < -0.3 is 24.2 Å². The number of carbonyl (C=O) groups excluding carboxylic acids is 1. The molecule has 1 saturated heterocycles. The maximum atomic E-state index is 12.0. The van der Waals surface area contributed by atoms with Crippen LogP contribution < -0.4 is 11.0 Å². The molecule has 1 aromatic heterocycles. The van der Waals surface area contributed by atoms with Crippen molar-refractivity contribution in [2.24, 2.45) is 0 Å². The second-order valence-electron chi connectivity index (χ2n) is 5.81. The fraction of sp³-hybridized carbons (Fsp3) is 0.667. The lowest BCUT2D eigenvalue weighted by atomic mass is 10.3. The zero-order valence-corrected chi connectivity index (χ0v) is 14.4. The van der Waals surface area contributed by atoms with E-state index >= 15 is 0 Å². The number of aliphatic hydroxyl groups excluding tert-OH is 1.